The number of anilines is 2. The molecule has 6 heterocycles. The lowest BCUT2D eigenvalue weighted by Gasteiger charge is -2.36. The van der Waals surface area contributed by atoms with Gasteiger partial charge in [0.15, 0.2) is 18.1 Å². The molecule has 4 aliphatic rings. The number of fused-ring (bicyclic) bond motifs is 1. The van der Waals surface area contributed by atoms with Crippen molar-refractivity contribution >= 4 is 52.9 Å². The molecule has 71 heavy (non-hydrogen) atoms. The smallest absolute Gasteiger partial charge is 0.361 e. The molecule has 6 amide bonds. The van der Waals surface area contributed by atoms with E-state index < -0.39 is 47.7 Å². The van der Waals surface area contributed by atoms with Gasteiger partial charge >= 0.3 is 5.97 Å². The molecule has 21 nitrogen and oxygen atoms in total. The van der Waals surface area contributed by atoms with E-state index in [1.54, 1.807) is 65.7 Å². The molecule has 2 atom stereocenters. The summed E-state index contributed by atoms with van der Waals surface area (Å²) in [5, 5.41) is 9.62. The van der Waals surface area contributed by atoms with E-state index in [9.17, 15) is 33.6 Å². The monoisotopic (exact) mass is 967 g/mol. The van der Waals surface area contributed by atoms with Crippen LogP contribution in [0.4, 0.5) is 11.5 Å². The zero-order valence-electron chi connectivity index (χ0n) is 39.0. The van der Waals surface area contributed by atoms with Crippen LogP contribution in [0.1, 0.15) is 81.0 Å². The number of piperidine rings is 2. The minimum Gasteiger partial charge on any atom is -0.497 e. The predicted molar refractivity (Wildman–Crippen MR) is 255 cm³/mol. The molecule has 4 N–H and O–H groups in total. The fourth-order valence-corrected chi connectivity index (χ4v) is 9.25. The number of imide groups is 2. The minimum atomic E-state index is -1.32. The van der Waals surface area contributed by atoms with Gasteiger partial charge in [0.05, 0.1) is 42.4 Å². The number of nitrogens with zero attached hydrogens (tertiary/aromatic N) is 8. The van der Waals surface area contributed by atoms with Gasteiger partial charge in [-0.05, 0) is 69.1 Å². The zero-order chi connectivity index (χ0) is 49.6. The molecule has 9 rings (SSSR count). The summed E-state index contributed by atoms with van der Waals surface area (Å²) < 4.78 is 18.7. The Labute approximate surface area is 408 Å². The summed E-state index contributed by atoms with van der Waals surface area (Å²) in [5.74, 6) is -3.39. The summed E-state index contributed by atoms with van der Waals surface area (Å²) in [6, 6.07) is 19.0. The maximum atomic E-state index is 13.6. The average Bonchev–Trinajstić information content (AvgIpc) is 3.98. The first-order valence-corrected chi connectivity index (χ1v) is 23.5. The van der Waals surface area contributed by atoms with Crippen molar-refractivity contribution in [2.75, 3.05) is 77.1 Å². The van der Waals surface area contributed by atoms with Gasteiger partial charge in [-0.2, -0.15) is 5.10 Å². The van der Waals surface area contributed by atoms with Gasteiger partial charge in [-0.15, -0.1) is 0 Å². The molecule has 0 radical (unpaired) electrons. The molecule has 1 unspecified atom stereocenters. The molecule has 3 saturated heterocycles. The first-order chi connectivity index (χ1) is 34.4. The van der Waals surface area contributed by atoms with Gasteiger partial charge in [0, 0.05) is 74.8 Å². The number of nitrogens with one attached hydrogen (secondary N) is 2. The number of methoxy groups -OCH3 is 1. The Balaban J connectivity index is 0.703. The number of likely N-dealkylation sites (tertiary alicyclic amines) is 1. The lowest BCUT2D eigenvalue weighted by molar-refractivity contribution is -0.136. The van der Waals surface area contributed by atoms with Crippen molar-refractivity contribution in [3.8, 4) is 22.8 Å². The average molecular weight is 968 g/mol. The van der Waals surface area contributed by atoms with Gasteiger partial charge in [0.1, 0.15) is 17.5 Å². The first-order valence-electron chi connectivity index (χ1n) is 23.5. The van der Waals surface area contributed by atoms with Gasteiger partial charge in [-0.25, -0.2) is 14.8 Å². The maximum Gasteiger partial charge on any atom is 0.361 e. The summed E-state index contributed by atoms with van der Waals surface area (Å²) in [6.07, 6.45) is 6.58. The van der Waals surface area contributed by atoms with E-state index in [4.69, 9.17) is 19.9 Å². The predicted octanol–water partition coefficient (Wildman–Crippen LogP) is 3.12. The minimum absolute atomic E-state index is 0.0289. The number of amides is 6. The highest BCUT2D eigenvalue weighted by Gasteiger charge is 2.45. The van der Waals surface area contributed by atoms with Crippen molar-refractivity contribution in [3.05, 3.63) is 114 Å². The van der Waals surface area contributed by atoms with Crippen LogP contribution in [-0.2, 0) is 23.9 Å². The summed E-state index contributed by atoms with van der Waals surface area (Å²) in [7, 11) is 1.52. The van der Waals surface area contributed by atoms with Crippen LogP contribution in [-0.4, -0.2) is 153 Å². The van der Waals surface area contributed by atoms with Crippen LogP contribution in [0.5, 0.6) is 11.5 Å². The number of rotatable bonds is 16. The Morgan fingerprint density at radius 1 is 0.831 bits per heavy atom. The molecule has 0 bridgehead atoms. The summed E-state index contributed by atoms with van der Waals surface area (Å²) >= 11 is 0. The van der Waals surface area contributed by atoms with Crippen molar-refractivity contribution in [1.82, 2.24) is 44.7 Å². The standard InChI is InChI=1S/C50H53N11O10/c1-69-35-10-5-9-33(25-35)54-47(65)44(31-7-3-2-4-8-31)71-50(68)43-45(51)52-28-39(55-43)32-27-53-60(29-32)34-15-19-57(20-16-34)17-6-18-58-21-23-59(24-22-58)42(63)30-70-36-11-12-37-38(26-36)49(67)61(48(37)66)40-13-14-41(62)56-46(40)64/h2-5,7-12,25-29,34,40,44H,6,13-24,30H2,1H3,(H2,51,52)(H,54,65)(H,56,62,64)/t40?,44-/m1/s1. The fourth-order valence-electron chi connectivity index (χ4n) is 9.25. The number of benzene rings is 3. The van der Waals surface area contributed by atoms with Gasteiger partial charge in [0.2, 0.25) is 17.9 Å². The second kappa shape index (κ2) is 21.3. The van der Waals surface area contributed by atoms with Crippen LogP contribution in [0.25, 0.3) is 11.3 Å². The van der Waals surface area contributed by atoms with E-state index in [-0.39, 0.29) is 59.8 Å². The maximum absolute atomic E-state index is 13.6. The van der Waals surface area contributed by atoms with E-state index >= 15 is 0 Å². The van der Waals surface area contributed by atoms with Crippen molar-refractivity contribution in [2.24, 2.45) is 0 Å². The van der Waals surface area contributed by atoms with Crippen LogP contribution in [0.2, 0.25) is 0 Å². The zero-order valence-corrected chi connectivity index (χ0v) is 39.0. The molecule has 2 aromatic heterocycles. The Kier molecular flexibility index (Phi) is 14.4. The third kappa shape index (κ3) is 10.9. The normalized spacial score (nSPS) is 18.2. The van der Waals surface area contributed by atoms with Crippen molar-refractivity contribution in [1.29, 1.82) is 0 Å². The molecular weight excluding hydrogens is 915 g/mol. The van der Waals surface area contributed by atoms with Crippen LogP contribution >= 0.6 is 0 Å². The third-order valence-corrected chi connectivity index (χ3v) is 13.2. The van der Waals surface area contributed by atoms with E-state index in [2.05, 4.69) is 35.5 Å². The Morgan fingerprint density at radius 3 is 2.32 bits per heavy atom. The number of carbonyl (C=O) groups is 7. The molecule has 0 spiro atoms. The van der Waals surface area contributed by atoms with Gasteiger partial charge in [-0.1, -0.05) is 36.4 Å². The highest BCUT2D eigenvalue weighted by molar-refractivity contribution is 6.23. The summed E-state index contributed by atoms with van der Waals surface area (Å²) in [4.78, 5) is 107. The van der Waals surface area contributed by atoms with E-state index in [1.165, 1.54) is 31.5 Å². The molecule has 3 fully saturated rings. The summed E-state index contributed by atoms with van der Waals surface area (Å²) in [6.45, 7) is 6.01. The number of nitrogen functional groups attached to an aromatic ring is 1. The second-order valence-electron chi connectivity index (χ2n) is 17.7. The van der Waals surface area contributed by atoms with Crippen molar-refractivity contribution in [2.45, 2.75) is 50.3 Å². The molecule has 368 valence electrons. The van der Waals surface area contributed by atoms with Gasteiger partial charge in [0.25, 0.3) is 23.6 Å². The molecule has 3 aromatic carbocycles. The molecular formula is C50H53N11O10. The number of esters is 1. The van der Waals surface area contributed by atoms with E-state index in [0.29, 0.717) is 41.3 Å². The summed E-state index contributed by atoms with van der Waals surface area (Å²) in [5.41, 5.74) is 8.08. The first kappa shape index (κ1) is 48.0. The second-order valence-corrected chi connectivity index (χ2v) is 17.7. The van der Waals surface area contributed by atoms with Crippen LogP contribution < -0.4 is 25.8 Å². The number of hydrogen-bond acceptors (Lipinski definition) is 16. The number of nitrogens with two attached hydrogens (primary N) is 1. The van der Waals surface area contributed by atoms with Crippen LogP contribution in [0.15, 0.2) is 91.4 Å². The van der Waals surface area contributed by atoms with Gasteiger partial charge < -0.3 is 35.1 Å². The number of hydrogen-bond donors (Lipinski definition) is 3. The number of aromatic nitrogens is 4. The molecule has 0 saturated carbocycles. The molecule has 4 aliphatic heterocycles. The van der Waals surface area contributed by atoms with Crippen molar-refractivity contribution in [3.63, 3.8) is 0 Å². The van der Waals surface area contributed by atoms with E-state index in [0.717, 1.165) is 63.4 Å². The highest BCUT2D eigenvalue weighted by atomic mass is 16.5. The number of ether oxygens (including phenoxy) is 3. The Bertz CT molecular complexity index is 2840. The van der Waals surface area contributed by atoms with Crippen LogP contribution in [0, 0.1) is 0 Å². The lowest BCUT2D eigenvalue weighted by Crippen LogP contribution is -2.54. The molecule has 0 aliphatic carbocycles. The lowest BCUT2D eigenvalue weighted by atomic mass is 10.0. The molecule has 5 aromatic rings. The highest BCUT2D eigenvalue weighted by Crippen LogP contribution is 2.31. The van der Waals surface area contributed by atoms with Crippen molar-refractivity contribution < 1.29 is 47.8 Å². The van der Waals surface area contributed by atoms with E-state index in [1.807, 2.05) is 10.9 Å². The quantitative estimate of drug-likeness (QED) is 0.0949. The Hall–Kier alpha value is -8.04. The Morgan fingerprint density at radius 2 is 1.58 bits per heavy atom. The fraction of sp³-hybridized carbons (Fsp3) is 0.360. The van der Waals surface area contributed by atoms with Gasteiger partial charge in [-0.3, -0.25) is 48.6 Å². The topological polar surface area (TPSA) is 254 Å². The number of carbonyl (C=O) groups excluding carboxylic acids is 7. The van der Waals surface area contributed by atoms with Crippen LogP contribution in [0.3, 0.4) is 0 Å². The SMILES string of the molecule is COc1cccc(NC(=O)[C@H](OC(=O)c2nc(-c3cnn(C4CCN(CCCN5CCN(C(=O)COc6ccc7c(c6)C(=O)N(C6CCC(=O)NC6=O)C7=O)CC5)CC4)c3)cnc2N)c2ccccc2)c1. The largest absolute Gasteiger partial charge is 0.497 e. The molecule has 21 heteroatoms. The third-order valence-electron chi connectivity index (χ3n) is 13.2. The number of piperazine rings is 1.